The summed E-state index contributed by atoms with van der Waals surface area (Å²) < 4.78 is 5.60. The molecule has 0 aliphatic rings. The highest BCUT2D eigenvalue weighted by molar-refractivity contribution is 6.31. The van der Waals surface area contributed by atoms with Gasteiger partial charge in [0.15, 0.2) is 0 Å². The van der Waals surface area contributed by atoms with Gasteiger partial charge in [-0.15, -0.1) is 0 Å². The first-order valence-electron chi connectivity index (χ1n) is 7.26. The molecule has 1 unspecified atom stereocenters. The highest BCUT2D eigenvalue weighted by atomic mass is 35.5. The predicted octanol–water partition coefficient (Wildman–Crippen LogP) is 4.51. The van der Waals surface area contributed by atoms with Gasteiger partial charge in [0.25, 0.3) is 0 Å². The van der Waals surface area contributed by atoms with Crippen molar-refractivity contribution < 1.29 is 4.74 Å². The van der Waals surface area contributed by atoms with Crippen molar-refractivity contribution in [1.29, 1.82) is 0 Å². The molecule has 0 bridgehead atoms. The number of hydrogen-bond acceptors (Lipinski definition) is 2. The van der Waals surface area contributed by atoms with E-state index in [-0.39, 0.29) is 0 Å². The van der Waals surface area contributed by atoms with Crippen LogP contribution in [0.25, 0.3) is 0 Å². The molecular weight excluding hydrogens is 258 g/mol. The van der Waals surface area contributed by atoms with Gasteiger partial charge in [-0.25, -0.2) is 0 Å². The average molecular weight is 284 g/mol. The molecule has 2 nitrogen and oxygen atoms in total. The van der Waals surface area contributed by atoms with Crippen molar-refractivity contribution in [3.63, 3.8) is 0 Å². The maximum Gasteiger partial charge on any atom is 0.0484 e. The number of nitrogens with one attached hydrogen (secondary N) is 1. The van der Waals surface area contributed by atoms with Crippen LogP contribution in [0.4, 0.5) is 0 Å². The van der Waals surface area contributed by atoms with Gasteiger partial charge in [0.05, 0.1) is 0 Å². The van der Waals surface area contributed by atoms with E-state index in [9.17, 15) is 0 Å². The molecule has 0 saturated carbocycles. The smallest absolute Gasteiger partial charge is 0.0484 e. The molecule has 0 fully saturated rings. The van der Waals surface area contributed by atoms with Crippen LogP contribution in [-0.2, 0) is 4.74 Å². The van der Waals surface area contributed by atoms with Crippen molar-refractivity contribution in [2.24, 2.45) is 0 Å². The van der Waals surface area contributed by atoms with E-state index in [1.165, 1.54) is 5.56 Å². The number of hydrogen-bond donors (Lipinski definition) is 1. The zero-order valence-electron chi connectivity index (χ0n) is 12.3. The Labute approximate surface area is 122 Å². The third-order valence-corrected chi connectivity index (χ3v) is 3.55. The lowest BCUT2D eigenvalue weighted by Crippen LogP contribution is -2.23. The summed E-state index contributed by atoms with van der Waals surface area (Å²) in [6, 6.07) is 6.65. The molecule has 3 heteroatoms. The van der Waals surface area contributed by atoms with E-state index in [0.29, 0.717) is 6.04 Å². The second-order valence-corrected chi connectivity index (χ2v) is 5.32. The van der Waals surface area contributed by atoms with Crippen molar-refractivity contribution >= 4 is 11.6 Å². The van der Waals surface area contributed by atoms with E-state index < -0.39 is 0 Å². The van der Waals surface area contributed by atoms with Crippen LogP contribution in [0, 0.1) is 6.92 Å². The lowest BCUT2D eigenvalue weighted by atomic mass is 10.0. The quantitative estimate of drug-likeness (QED) is 0.674. The number of ether oxygens (including phenoxy) is 1. The van der Waals surface area contributed by atoms with E-state index >= 15 is 0 Å². The van der Waals surface area contributed by atoms with Gasteiger partial charge < -0.3 is 10.1 Å². The Morgan fingerprint density at radius 1 is 1.21 bits per heavy atom. The largest absolute Gasteiger partial charge is 0.381 e. The topological polar surface area (TPSA) is 21.3 Å². The maximum atomic E-state index is 6.22. The Morgan fingerprint density at radius 3 is 2.63 bits per heavy atom. The van der Waals surface area contributed by atoms with E-state index in [1.54, 1.807) is 0 Å². The second kappa shape index (κ2) is 9.35. The van der Waals surface area contributed by atoms with Crippen LogP contribution in [0.3, 0.4) is 0 Å². The van der Waals surface area contributed by atoms with Crippen LogP contribution in [-0.4, -0.2) is 19.8 Å². The molecule has 1 N–H and O–H groups in total. The van der Waals surface area contributed by atoms with Gasteiger partial charge in [0, 0.05) is 24.3 Å². The van der Waals surface area contributed by atoms with Gasteiger partial charge in [-0.05, 0) is 49.9 Å². The molecule has 0 spiro atoms. The minimum atomic E-state index is 0.329. The molecule has 0 radical (unpaired) electrons. The molecule has 19 heavy (non-hydrogen) atoms. The second-order valence-electron chi connectivity index (χ2n) is 4.92. The summed E-state index contributed by atoms with van der Waals surface area (Å²) in [5, 5.41) is 4.41. The van der Waals surface area contributed by atoms with Crippen LogP contribution in [0.2, 0.25) is 5.02 Å². The summed E-state index contributed by atoms with van der Waals surface area (Å²) in [6.07, 6.45) is 3.19. The summed E-state index contributed by atoms with van der Waals surface area (Å²) in [5.41, 5.74) is 2.38. The van der Waals surface area contributed by atoms with Gasteiger partial charge in [-0.1, -0.05) is 37.6 Å². The Kier molecular flexibility index (Phi) is 8.11. The first-order valence-corrected chi connectivity index (χ1v) is 7.64. The normalized spacial score (nSPS) is 12.6. The Hall–Kier alpha value is -0.570. The monoisotopic (exact) mass is 283 g/mol. The van der Waals surface area contributed by atoms with Crippen molar-refractivity contribution in [1.82, 2.24) is 5.32 Å². The van der Waals surface area contributed by atoms with E-state index in [4.69, 9.17) is 16.3 Å². The minimum Gasteiger partial charge on any atom is -0.381 e. The zero-order chi connectivity index (χ0) is 14.1. The fourth-order valence-corrected chi connectivity index (χ4v) is 2.17. The third-order valence-electron chi connectivity index (χ3n) is 3.14. The average Bonchev–Trinajstić information content (AvgIpc) is 2.41. The van der Waals surface area contributed by atoms with Gasteiger partial charge in [0.2, 0.25) is 0 Å². The van der Waals surface area contributed by atoms with Crippen LogP contribution in [0.1, 0.15) is 50.3 Å². The Balaban J connectivity index is 2.63. The SMILES string of the molecule is CCCNC(CCOCCC)c1ccc(C)c(Cl)c1. The molecule has 1 rings (SSSR count). The fourth-order valence-electron chi connectivity index (χ4n) is 1.98. The highest BCUT2D eigenvalue weighted by Crippen LogP contribution is 2.23. The summed E-state index contributed by atoms with van der Waals surface area (Å²) in [4.78, 5) is 0. The van der Waals surface area contributed by atoms with Crippen LogP contribution >= 0.6 is 11.6 Å². The standard InChI is InChI=1S/C16H26ClNO/c1-4-9-18-16(8-11-19-10-5-2)14-7-6-13(3)15(17)12-14/h6-7,12,16,18H,4-5,8-11H2,1-3H3. The molecule has 0 aliphatic heterocycles. The van der Waals surface area contributed by atoms with Crippen LogP contribution in [0.15, 0.2) is 18.2 Å². The molecule has 1 atom stereocenters. The summed E-state index contributed by atoms with van der Waals surface area (Å²) in [6.45, 7) is 9.00. The van der Waals surface area contributed by atoms with Gasteiger partial charge >= 0.3 is 0 Å². The van der Waals surface area contributed by atoms with E-state index in [0.717, 1.165) is 49.6 Å². The first-order chi connectivity index (χ1) is 9.19. The lowest BCUT2D eigenvalue weighted by Gasteiger charge is -2.19. The lowest BCUT2D eigenvalue weighted by molar-refractivity contribution is 0.124. The van der Waals surface area contributed by atoms with E-state index in [2.05, 4.69) is 37.4 Å². The maximum absolute atomic E-state index is 6.22. The predicted molar refractivity (Wildman–Crippen MR) is 83.0 cm³/mol. The highest BCUT2D eigenvalue weighted by Gasteiger charge is 2.11. The summed E-state index contributed by atoms with van der Waals surface area (Å²) in [7, 11) is 0. The minimum absolute atomic E-state index is 0.329. The summed E-state index contributed by atoms with van der Waals surface area (Å²) in [5.74, 6) is 0. The van der Waals surface area contributed by atoms with Crippen molar-refractivity contribution in [2.45, 2.75) is 46.1 Å². The molecule has 108 valence electrons. The van der Waals surface area contributed by atoms with Gasteiger partial charge in [-0.2, -0.15) is 0 Å². The Morgan fingerprint density at radius 2 is 2.00 bits per heavy atom. The fraction of sp³-hybridized carbons (Fsp3) is 0.625. The van der Waals surface area contributed by atoms with Gasteiger partial charge in [-0.3, -0.25) is 0 Å². The summed E-state index contributed by atoms with van der Waals surface area (Å²) >= 11 is 6.22. The molecule has 0 heterocycles. The molecule has 1 aromatic carbocycles. The van der Waals surface area contributed by atoms with Crippen LogP contribution < -0.4 is 5.32 Å². The van der Waals surface area contributed by atoms with Crippen LogP contribution in [0.5, 0.6) is 0 Å². The molecule has 0 amide bonds. The third kappa shape index (κ3) is 5.94. The van der Waals surface area contributed by atoms with Crippen molar-refractivity contribution in [3.05, 3.63) is 34.3 Å². The van der Waals surface area contributed by atoms with Crippen molar-refractivity contribution in [2.75, 3.05) is 19.8 Å². The van der Waals surface area contributed by atoms with Gasteiger partial charge in [0.1, 0.15) is 0 Å². The van der Waals surface area contributed by atoms with Crippen molar-refractivity contribution in [3.8, 4) is 0 Å². The first kappa shape index (κ1) is 16.5. The molecular formula is C16H26ClNO. The molecule has 0 aliphatic carbocycles. The molecule has 0 saturated heterocycles. The number of benzene rings is 1. The number of rotatable bonds is 9. The number of halogens is 1. The molecule has 0 aromatic heterocycles. The molecule has 1 aromatic rings. The number of aryl methyl sites for hydroxylation is 1. The Bertz CT molecular complexity index is 368. The van der Waals surface area contributed by atoms with E-state index in [1.807, 2.05) is 6.92 Å². The zero-order valence-corrected chi connectivity index (χ0v) is 13.1.